The number of nitrogens with one attached hydrogen (secondary N) is 1. The molecule has 0 saturated carbocycles. The molecule has 1 unspecified atom stereocenters. The highest BCUT2D eigenvalue weighted by atomic mass is 35.5. The third kappa shape index (κ3) is 2.87. The molecule has 4 rings (SSSR count). The van der Waals surface area contributed by atoms with Crippen molar-refractivity contribution in [3.63, 3.8) is 0 Å². The van der Waals surface area contributed by atoms with E-state index in [4.69, 9.17) is 16.6 Å². The van der Waals surface area contributed by atoms with Gasteiger partial charge in [0.05, 0.1) is 11.7 Å². The van der Waals surface area contributed by atoms with Crippen LogP contribution in [0.4, 0.5) is 5.69 Å². The molecular formula is C20H21ClN4O. The van der Waals surface area contributed by atoms with Crippen molar-refractivity contribution in [2.75, 3.05) is 24.5 Å². The van der Waals surface area contributed by atoms with E-state index in [9.17, 15) is 4.79 Å². The third-order valence-corrected chi connectivity index (χ3v) is 5.28. The van der Waals surface area contributed by atoms with Crippen molar-refractivity contribution in [3.8, 4) is 0 Å². The third-order valence-electron chi connectivity index (χ3n) is 4.93. The highest BCUT2D eigenvalue weighted by Crippen LogP contribution is 2.32. The smallest absolute Gasteiger partial charge is 0.281 e. The van der Waals surface area contributed by atoms with Crippen LogP contribution >= 0.6 is 11.6 Å². The summed E-state index contributed by atoms with van der Waals surface area (Å²) in [5.41, 5.74) is 4.15. The number of aromatic nitrogens is 2. The van der Waals surface area contributed by atoms with E-state index in [0.717, 1.165) is 36.5 Å². The molecule has 0 spiro atoms. The van der Waals surface area contributed by atoms with Crippen LogP contribution in [0.25, 0.3) is 5.65 Å². The van der Waals surface area contributed by atoms with Crippen LogP contribution in [0.15, 0.2) is 47.4 Å². The Morgan fingerprint density at radius 3 is 2.85 bits per heavy atom. The van der Waals surface area contributed by atoms with Crippen molar-refractivity contribution < 1.29 is 0 Å². The minimum atomic E-state index is -0.0357. The van der Waals surface area contributed by atoms with Crippen molar-refractivity contribution in [1.29, 1.82) is 0 Å². The van der Waals surface area contributed by atoms with Gasteiger partial charge in [-0.25, -0.2) is 4.98 Å². The summed E-state index contributed by atoms with van der Waals surface area (Å²) in [5, 5.41) is 4.13. The lowest BCUT2D eigenvalue weighted by atomic mass is 10.0. The van der Waals surface area contributed by atoms with Crippen molar-refractivity contribution in [2.24, 2.45) is 0 Å². The van der Waals surface area contributed by atoms with Gasteiger partial charge in [0.2, 0.25) is 0 Å². The molecule has 0 amide bonds. The molecule has 1 aliphatic rings. The first-order chi connectivity index (χ1) is 12.6. The van der Waals surface area contributed by atoms with Crippen LogP contribution in [0, 0.1) is 13.8 Å². The van der Waals surface area contributed by atoms with Gasteiger partial charge in [0.1, 0.15) is 11.3 Å². The number of rotatable bonds is 2. The molecule has 2 aromatic heterocycles. The minimum Gasteiger partial charge on any atom is -0.356 e. The number of hydrogen-bond acceptors (Lipinski definition) is 4. The summed E-state index contributed by atoms with van der Waals surface area (Å²) in [4.78, 5) is 20.1. The number of aryl methyl sites for hydroxylation is 2. The Kier molecular flexibility index (Phi) is 4.42. The van der Waals surface area contributed by atoms with E-state index < -0.39 is 0 Å². The number of benzene rings is 1. The van der Waals surface area contributed by atoms with Crippen molar-refractivity contribution in [2.45, 2.75) is 19.9 Å². The van der Waals surface area contributed by atoms with Gasteiger partial charge in [-0.1, -0.05) is 29.8 Å². The number of anilines is 1. The van der Waals surface area contributed by atoms with Crippen LogP contribution in [0.3, 0.4) is 0 Å². The number of hydrogen-bond donors (Lipinski definition) is 1. The summed E-state index contributed by atoms with van der Waals surface area (Å²) >= 11 is 6.45. The van der Waals surface area contributed by atoms with Gasteiger partial charge in [0.15, 0.2) is 0 Å². The first-order valence-corrected chi connectivity index (χ1v) is 9.15. The van der Waals surface area contributed by atoms with E-state index in [1.54, 1.807) is 10.6 Å². The summed E-state index contributed by atoms with van der Waals surface area (Å²) in [5.74, 6) is 0. The molecule has 1 atom stereocenters. The van der Waals surface area contributed by atoms with Crippen LogP contribution in [-0.2, 0) is 0 Å². The highest BCUT2D eigenvalue weighted by Gasteiger charge is 2.29. The number of fused-ring (bicyclic) bond motifs is 1. The van der Waals surface area contributed by atoms with Gasteiger partial charge in [-0.05, 0) is 43.2 Å². The number of nitrogens with zero attached hydrogens (tertiary/aromatic N) is 3. The van der Waals surface area contributed by atoms with Crippen LogP contribution < -0.4 is 15.8 Å². The van der Waals surface area contributed by atoms with E-state index >= 15 is 0 Å². The van der Waals surface area contributed by atoms with Gasteiger partial charge < -0.3 is 10.2 Å². The van der Waals surface area contributed by atoms with Gasteiger partial charge in [-0.2, -0.15) is 0 Å². The maximum Gasteiger partial charge on any atom is 0.281 e. The van der Waals surface area contributed by atoms with Gasteiger partial charge in [-0.3, -0.25) is 9.20 Å². The normalized spacial score (nSPS) is 17.7. The lowest BCUT2D eigenvalue weighted by Crippen LogP contribution is -2.48. The average Bonchev–Trinajstić information content (AvgIpc) is 2.62. The van der Waals surface area contributed by atoms with E-state index in [1.807, 2.05) is 50.2 Å². The summed E-state index contributed by atoms with van der Waals surface area (Å²) in [7, 11) is 0. The molecule has 6 heteroatoms. The van der Waals surface area contributed by atoms with Crippen molar-refractivity contribution >= 4 is 22.9 Å². The van der Waals surface area contributed by atoms with Crippen LogP contribution in [-0.4, -0.2) is 29.0 Å². The Morgan fingerprint density at radius 2 is 2.04 bits per heavy atom. The Hall–Kier alpha value is -2.37. The second kappa shape index (κ2) is 6.74. The Morgan fingerprint density at radius 1 is 1.23 bits per heavy atom. The summed E-state index contributed by atoms with van der Waals surface area (Å²) in [6, 6.07) is 11.7. The molecule has 1 fully saturated rings. The van der Waals surface area contributed by atoms with Crippen molar-refractivity contribution in [1.82, 2.24) is 14.7 Å². The topological polar surface area (TPSA) is 49.6 Å². The standard InChI is InChI=1S/C20H21ClN4O/c1-13-7-9-25-18(11-13)23-14(2)19(20(25)26)24-10-8-22-12-17(24)15-5-3-4-6-16(15)21/h3-7,9,11,17,22H,8,10,12H2,1-2H3. The van der Waals surface area contributed by atoms with Crippen molar-refractivity contribution in [3.05, 3.63) is 74.8 Å². The summed E-state index contributed by atoms with van der Waals surface area (Å²) in [6.45, 7) is 6.19. The first kappa shape index (κ1) is 17.1. The van der Waals surface area contributed by atoms with E-state index in [1.165, 1.54) is 0 Å². The van der Waals surface area contributed by atoms with E-state index in [2.05, 4.69) is 10.2 Å². The zero-order valence-corrected chi connectivity index (χ0v) is 15.6. The predicted molar refractivity (Wildman–Crippen MR) is 105 cm³/mol. The maximum atomic E-state index is 13.2. The molecule has 3 aromatic rings. The molecular weight excluding hydrogens is 348 g/mol. The summed E-state index contributed by atoms with van der Waals surface area (Å²) in [6.07, 6.45) is 1.80. The molecule has 0 bridgehead atoms. The largest absolute Gasteiger partial charge is 0.356 e. The summed E-state index contributed by atoms with van der Waals surface area (Å²) < 4.78 is 1.63. The first-order valence-electron chi connectivity index (χ1n) is 8.77. The van der Waals surface area contributed by atoms with Gasteiger partial charge in [-0.15, -0.1) is 0 Å². The monoisotopic (exact) mass is 368 g/mol. The Bertz CT molecular complexity index is 1030. The second-order valence-corrected chi connectivity index (χ2v) is 7.13. The molecule has 1 aliphatic heterocycles. The SMILES string of the molecule is Cc1ccn2c(=O)c(N3CCNCC3c3ccccc3Cl)c(C)nc2c1. The van der Waals surface area contributed by atoms with Gasteiger partial charge in [0.25, 0.3) is 5.56 Å². The molecule has 1 aromatic carbocycles. The zero-order valence-electron chi connectivity index (χ0n) is 14.9. The molecule has 1 N–H and O–H groups in total. The Balaban J connectivity index is 1.88. The molecule has 134 valence electrons. The lowest BCUT2D eigenvalue weighted by molar-refractivity contribution is 0.487. The van der Waals surface area contributed by atoms with Crippen LogP contribution in [0.2, 0.25) is 5.02 Å². The highest BCUT2D eigenvalue weighted by molar-refractivity contribution is 6.31. The van der Waals surface area contributed by atoms with E-state index in [0.29, 0.717) is 16.4 Å². The second-order valence-electron chi connectivity index (χ2n) is 6.72. The fourth-order valence-corrected chi connectivity index (χ4v) is 3.93. The van der Waals surface area contributed by atoms with Gasteiger partial charge >= 0.3 is 0 Å². The molecule has 0 aliphatic carbocycles. The molecule has 3 heterocycles. The maximum absolute atomic E-state index is 13.2. The minimum absolute atomic E-state index is 0.00542. The fraction of sp³-hybridized carbons (Fsp3) is 0.300. The Labute approximate surface area is 157 Å². The van der Waals surface area contributed by atoms with Gasteiger partial charge in [0, 0.05) is 30.9 Å². The zero-order chi connectivity index (χ0) is 18.3. The average molecular weight is 369 g/mol. The van der Waals surface area contributed by atoms with E-state index in [-0.39, 0.29) is 11.6 Å². The number of halogens is 1. The number of pyridine rings is 1. The predicted octanol–water partition coefficient (Wildman–Crippen LogP) is 3.12. The number of piperazine rings is 1. The van der Waals surface area contributed by atoms with Crippen LogP contribution in [0.5, 0.6) is 0 Å². The lowest BCUT2D eigenvalue weighted by Gasteiger charge is -2.38. The molecule has 0 radical (unpaired) electrons. The molecule has 26 heavy (non-hydrogen) atoms. The fourth-order valence-electron chi connectivity index (χ4n) is 3.67. The quantitative estimate of drug-likeness (QED) is 0.755. The van der Waals surface area contributed by atoms with Crippen LogP contribution in [0.1, 0.15) is 22.9 Å². The molecule has 1 saturated heterocycles. The molecule has 5 nitrogen and oxygen atoms in total.